The second-order valence-corrected chi connectivity index (χ2v) is 5.89. The summed E-state index contributed by atoms with van der Waals surface area (Å²) >= 11 is 0. The SMILES string of the molecule is CC(C)(C)c1cc(C(=O)C(C#N)NNc2ccccc2)no1.[HH]. The predicted octanol–water partition coefficient (Wildman–Crippen LogP) is 2.91. The fraction of sp³-hybridized carbons (Fsp3) is 0.312. The second kappa shape index (κ2) is 6.41. The van der Waals surface area contributed by atoms with Crippen LogP contribution in [0.5, 0.6) is 0 Å². The van der Waals surface area contributed by atoms with Crippen LogP contribution in [0.25, 0.3) is 0 Å². The summed E-state index contributed by atoms with van der Waals surface area (Å²) in [5, 5.41) is 12.9. The first-order chi connectivity index (χ1) is 10.4. The average Bonchev–Trinajstić information content (AvgIpc) is 2.98. The van der Waals surface area contributed by atoms with Gasteiger partial charge in [-0.3, -0.25) is 4.79 Å². The molecule has 1 aromatic heterocycles. The standard InChI is InChI=1S/C16H18N4O2.H2/c1-16(2,3)14-9-12(20-22-14)15(21)13(10-17)19-18-11-7-5-4-6-8-11;/h4-9,13,18-19H,1-3H3;1H. The van der Waals surface area contributed by atoms with Gasteiger partial charge in [0.2, 0.25) is 5.78 Å². The summed E-state index contributed by atoms with van der Waals surface area (Å²) in [6, 6.07) is 11.6. The van der Waals surface area contributed by atoms with E-state index in [2.05, 4.69) is 16.0 Å². The van der Waals surface area contributed by atoms with Gasteiger partial charge >= 0.3 is 0 Å². The molecule has 116 valence electrons. The van der Waals surface area contributed by atoms with Gasteiger partial charge in [-0.15, -0.1) is 0 Å². The van der Waals surface area contributed by atoms with E-state index in [4.69, 9.17) is 4.52 Å². The Morgan fingerprint density at radius 3 is 2.59 bits per heavy atom. The lowest BCUT2D eigenvalue weighted by atomic mass is 9.93. The third-order valence-corrected chi connectivity index (χ3v) is 3.03. The van der Waals surface area contributed by atoms with E-state index in [1.807, 2.05) is 57.2 Å². The smallest absolute Gasteiger partial charge is 0.217 e. The Labute approximate surface area is 130 Å². The first kappa shape index (κ1) is 15.7. The molecule has 0 radical (unpaired) electrons. The van der Waals surface area contributed by atoms with Crippen LogP contribution in [0, 0.1) is 11.3 Å². The molecule has 0 bridgehead atoms. The van der Waals surface area contributed by atoms with Crippen molar-refractivity contribution in [3.63, 3.8) is 0 Å². The number of carbonyl (C=O) groups is 1. The van der Waals surface area contributed by atoms with Crippen molar-refractivity contribution in [3.05, 3.63) is 47.9 Å². The average molecular weight is 300 g/mol. The zero-order valence-electron chi connectivity index (χ0n) is 12.8. The van der Waals surface area contributed by atoms with Crippen LogP contribution >= 0.6 is 0 Å². The predicted molar refractivity (Wildman–Crippen MR) is 84.2 cm³/mol. The minimum absolute atomic E-state index is 0. The maximum atomic E-state index is 12.3. The van der Waals surface area contributed by atoms with Crippen molar-refractivity contribution in [3.8, 4) is 6.07 Å². The summed E-state index contributed by atoms with van der Waals surface area (Å²) in [7, 11) is 0. The molecule has 2 aromatic rings. The molecule has 0 fully saturated rings. The normalized spacial score (nSPS) is 12.5. The molecule has 0 aliphatic heterocycles. The highest BCUT2D eigenvalue weighted by atomic mass is 16.5. The minimum atomic E-state index is -1.06. The summed E-state index contributed by atoms with van der Waals surface area (Å²) in [6.07, 6.45) is 0. The molecule has 1 unspecified atom stereocenters. The van der Waals surface area contributed by atoms with E-state index in [0.29, 0.717) is 5.76 Å². The van der Waals surface area contributed by atoms with Crippen LogP contribution in [0.1, 0.15) is 38.4 Å². The lowest BCUT2D eigenvalue weighted by molar-refractivity contribution is 0.0960. The van der Waals surface area contributed by atoms with Gasteiger partial charge in [0.15, 0.2) is 11.7 Å². The number of aromatic nitrogens is 1. The molecule has 1 heterocycles. The van der Waals surface area contributed by atoms with Crippen molar-refractivity contribution in [2.24, 2.45) is 0 Å². The number of Topliss-reactive ketones (excluding diaryl/α,β-unsaturated/α-hetero) is 1. The quantitative estimate of drug-likeness (QED) is 0.651. The van der Waals surface area contributed by atoms with Crippen LogP contribution in [-0.4, -0.2) is 17.0 Å². The highest BCUT2D eigenvalue weighted by Crippen LogP contribution is 2.23. The zero-order valence-corrected chi connectivity index (χ0v) is 12.8. The number of ketones is 1. The van der Waals surface area contributed by atoms with Crippen LogP contribution in [0.15, 0.2) is 40.9 Å². The maximum Gasteiger partial charge on any atom is 0.217 e. The molecule has 6 nitrogen and oxygen atoms in total. The number of rotatable bonds is 5. The number of anilines is 1. The van der Waals surface area contributed by atoms with Crippen molar-refractivity contribution in [2.45, 2.75) is 32.2 Å². The van der Waals surface area contributed by atoms with E-state index in [1.165, 1.54) is 0 Å². The molecular formula is C16H20N4O2. The van der Waals surface area contributed by atoms with Gasteiger partial charge in [-0.1, -0.05) is 44.1 Å². The lowest BCUT2D eigenvalue weighted by Gasteiger charge is -2.12. The number of hydrogen-bond acceptors (Lipinski definition) is 6. The summed E-state index contributed by atoms with van der Waals surface area (Å²) in [5.41, 5.74) is 6.17. The zero-order chi connectivity index (χ0) is 16.2. The highest BCUT2D eigenvalue weighted by molar-refractivity contribution is 6.00. The van der Waals surface area contributed by atoms with Gasteiger partial charge in [-0.25, -0.2) is 5.43 Å². The highest BCUT2D eigenvalue weighted by Gasteiger charge is 2.26. The molecule has 0 amide bonds. The number of nitrogens with one attached hydrogen (secondary N) is 2. The number of hydrazine groups is 1. The Balaban J connectivity index is 0.00000264. The van der Waals surface area contributed by atoms with Crippen LogP contribution in [0.2, 0.25) is 0 Å². The fourth-order valence-electron chi connectivity index (χ4n) is 1.73. The van der Waals surface area contributed by atoms with E-state index in [1.54, 1.807) is 6.07 Å². The molecule has 1 atom stereocenters. The monoisotopic (exact) mass is 300 g/mol. The van der Waals surface area contributed by atoms with Crippen molar-refractivity contribution >= 4 is 11.5 Å². The van der Waals surface area contributed by atoms with Crippen molar-refractivity contribution in [2.75, 3.05) is 5.43 Å². The maximum absolute atomic E-state index is 12.3. The lowest BCUT2D eigenvalue weighted by Crippen LogP contribution is -2.39. The van der Waals surface area contributed by atoms with Gasteiger partial charge in [-0.05, 0) is 12.1 Å². The summed E-state index contributed by atoms with van der Waals surface area (Å²) in [6.45, 7) is 5.87. The van der Waals surface area contributed by atoms with Gasteiger partial charge in [0.05, 0.1) is 6.07 Å². The minimum Gasteiger partial charge on any atom is -0.360 e. The number of para-hydroxylation sites is 1. The Morgan fingerprint density at radius 1 is 1.36 bits per heavy atom. The van der Waals surface area contributed by atoms with Crippen molar-refractivity contribution < 1.29 is 10.7 Å². The third-order valence-electron chi connectivity index (χ3n) is 3.03. The molecule has 6 heteroatoms. The van der Waals surface area contributed by atoms with Crippen molar-refractivity contribution in [1.82, 2.24) is 10.6 Å². The molecule has 0 saturated heterocycles. The molecular weight excluding hydrogens is 280 g/mol. The van der Waals surface area contributed by atoms with Crippen LogP contribution < -0.4 is 10.9 Å². The number of nitriles is 1. The van der Waals surface area contributed by atoms with Gasteiger partial charge in [0.25, 0.3) is 0 Å². The Morgan fingerprint density at radius 2 is 2.05 bits per heavy atom. The third kappa shape index (κ3) is 3.71. The van der Waals surface area contributed by atoms with Gasteiger partial charge < -0.3 is 9.95 Å². The summed E-state index contributed by atoms with van der Waals surface area (Å²) in [4.78, 5) is 12.3. The molecule has 22 heavy (non-hydrogen) atoms. The van der Waals surface area contributed by atoms with Gasteiger partial charge in [0, 0.05) is 18.6 Å². The largest absolute Gasteiger partial charge is 0.360 e. The van der Waals surface area contributed by atoms with Crippen LogP contribution in [0.3, 0.4) is 0 Å². The van der Waals surface area contributed by atoms with Crippen LogP contribution in [-0.2, 0) is 5.41 Å². The Bertz CT molecular complexity index is 686. The van der Waals surface area contributed by atoms with Crippen molar-refractivity contribution in [1.29, 1.82) is 5.26 Å². The molecule has 0 aliphatic carbocycles. The first-order valence-corrected chi connectivity index (χ1v) is 6.89. The molecule has 2 N–H and O–H groups in total. The number of carbonyl (C=O) groups excluding carboxylic acids is 1. The van der Waals surface area contributed by atoms with E-state index < -0.39 is 11.8 Å². The van der Waals surface area contributed by atoms with Crippen LogP contribution in [0.4, 0.5) is 5.69 Å². The number of benzene rings is 1. The summed E-state index contributed by atoms with van der Waals surface area (Å²) < 4.78 is 5.18. The first-order valence-electron chi connectivity index (χ1n) is 6.89. The number of hydrogen-bond donors (Lipinski definition) is 2. The molecule has 1 aromatic carbocycles. The molecule has 0 spiro atoms. The molecule has 0 aliphatic rings. The molecule has 2 rings (SSSR count). The number of nitrogens with zero attached hydrogens (tertiary/aromatic N) is 2. The van der Waals surface area contributed by atoms with E-state index >= 15 is 0 Å². The Kier molecular flexibility index (Phi) is 4.59. The van der Waals surface area contributed by atoms with E-state index in [-0.39, 0.29) is 12.5 Å². The van der Waals surface area contributed by atoms with E-state index in [9.17, 15) is 10.1 Å². The van der Waals surface area contributed by atoms with E-state index in [0.717, 1.165) is 5.69 Å². The fourth-order valence-corrected chi connectivity index (χ4v) is 1.73. The second-order valence-electron chi connectivity index (χ2n) is 5.89. The van der Waals surface area contributed by atoms with Gasteiger partial charge in [-0.2, -0.15) is 5.26 Å². The van der Waals surface area contributed by atoms with Gasteiger partial charge in [0.1, 0.15) is 5.76 Å². The Hall–Kier alpha value is -2.65. The summed E-state index contributed by atoms with van der Waals surface area (Å²) in [5.74, 6) is 0.161. The topological polar surface area (TPSA) is 91.0 Å². The molecule has 0 saturated carbocycles.